The molecular weight excluding hydrogens is 312 g/mol. The van der Waals surface area contributed by atoms with Crippen molar-refractivity contribution in [2.75, 3.05) is 25.8 Å². The second-order valence-corrected chi connectivity index (χ2v) is 5.64. The van der Waals surface area contributed by atoms with Crippen LogP contribution in [0.5, 0.6) is 11.5 Å². The van der Waals surface area contributed by atoms with E-state index >= 15 is 0 Å². The summed E-state index contributed by atoms with van der Waals surface area (Å²) in [5.41, 5.74) is 1.65. The van der Waals surface area contributed by atoms with Gasteiger partial charge in [0.2, 0.25) is 0 Å². The number of hydrogen-bond acceptors (Lipinski definition) is 4. The summed E-state index contributed by atoms with van der Waals surface area (Å²) in [6.45, 7) is 0.377. The fourth-order valence-corrected chi connectivity index (χ4v) is 2.41. The fraction of sp³-hybridized carbons (Fsp3) is 0.235. The number of nitrogens with one attached hydrogen (secondary N) is 2. The Kier molecular flexibility index (Phi) is 6.17. The van der Waals surface area contributed by atoms with E-state index in [1.807, 2.05) is 42.7 Å². The molecule has 0 spiro atoms. The van der Waals surface area contributed by atoms with Crippen LogP contribution in [0.4, 0.5) is 10.5 Å². The van der Waals surface area contributed by atoms with Crippen LogP contribution < -0.4 is 20.1 Å². The molecule has 2 rings (SSSR count). The van der Waals surface area contributed by atoms with Gasteiger partial charge in [0.25, 0.3) is 0 Å². The number of urea groups is 1. The van der Waals surface area contributed by atoms with Crippen LogP contribution in [0.2, 0.25) is 0 Å². The quantitative estimate of drug-likeness (QED) is 0.791. The number of carbonyl (C=O) groups is 1. The van der Waals surface area contributed by atoms with Crippen molar-refractivity contribution in [1.82, 2.24) is 5.32 Å². The van der Waals surface area contributed by atoms with Crippen molar-refractivity contribution in [3.63, 3.8) is 0 Å². The van der Waals surface area contributed by atoms with Gasteiger partial charge in [0.15, 0.2) is 0 Å². The molecular formula is C17H20N2O3S. The van der Waals surface area contributed by atoms with E-state index in [1.165, 1.54) is 0 Å². The Balaban J connectivity index is 1.93. The molecule has 2 amide bonds. The average Bonchev–Trinajstić information content (AvgIpc) is 2.60. The Morgan fingerprint density at radius 1 is 1.04 bits per heavy atom. The molecule has 5 nitrogen and oxygen atoms in total. The van der Waals surface area contributed by atoms with E-state index in [1.54, 1.807) is 32.0 Å². The zero-order valence-electron chi connectivity index (χ0n) is 13.4. The predicted octanol–water partition coefficient (Wildman–Crippen LogP) is 3.75. The van der Waals surface area contributed by atoms with Crippen molar-refractivity contribution in [3.8, 4) is 11.5 Å². The molecule has 2 N–H and O–H groups in total. The first-order valence-electron chi connectivity index (χ1n) is 7.05. The standard InChI is InChI=1S/C17H20N2O3S/c1-21-14-8-12(9-15(10-14)22-2)11-18-17(20)19-13-4-6-16(23-3)7-5-13/h4-10H,11H2,1-3H3,(H2,18,19,20). The van der Waals surface area contributed by atoms with E-state index < -0.39 is 0 Å². The minimum absolute atomic E-state index is 0.260. The number of carbonyl (C=O) groups excluding carboxylic acids is 1. The van der Waals surface area contributed by atoms with Crippen LogP contribution in [0.1, 0.15) is 5.56 Å². The molecule has 0 heterocycles. The van der Waals surface area contributed by atoms with Gasteiger partial charge in [-0.15, -0.1) is 11.8 Å². The van der Waals surface area contributed by atoms with Crippen LogP contribution in [-0.2, 0) is 6.54 Å². The van der Waals surface area contributed by atoms with Gasteiger partial charge in [-0.05, 0) is 48.2 Å². The van der Waals surface area contributed by atoms with Crippen molar-refractivity contribution in [2.45, 2.75) is 11.4 Å². The van der Waals surface area contributed by atoms with Gasteiger partial charge in [0, 0.05) is 23.2 Å². The van der Waals surface area contributed by atoms with Crippen LogP contribution >= 0.6 is 11.8 Å². The minimum atomic E-state index is -0.260. The zero-order chi connectivity index (χ0) is 16.7. The Morgan fingerprint density at radius 2 is 1.65 bits per heavy atom. The summed E-state index contributed by atoms with van der Waals surface area (Å²) in [4.78, 5) is 13.1. The number of thioether (sulfide) groups is 1. The Hall–Kier alpha value is -2.34. The molecule has 0 fully saturated rings. The van der Waals surface area contributed by atoms with Gasteiger partial charge in [-0.2, -0.15) is 0 Å². The lowest BCUT2D eigenvalue weighted by atomic mass is 10.2. The first kappa shape index (κ1) is 17.0. The maximum atomic E-state index is 12.0. The van der Waals surface area contributed by atoms with E-state index in [9.17, 15) is 4.79 Å². The topological polar surface area (TPSA) is 59.6 Å². The molecule has 6 heteroatoms. The Labute approximate surface area is 140 Å². The molecule has 0 unspecified atom stereocenters. The van der Waals surface area contributed by atoms with Crippen LogP contribution in [-0.4, -0.2) is 26.5 Å². The highest BCUT2D eigenvalue weighted by atomic mass is 32.2. The van der Waals surface area contributed by atoms with Gasteiger partial charge in [-0.1, -0.05) is 0 Å². The third kappa shape index (κ3) is 5.10. The van der Waals surface area contributed by atoms with Gasteiger partial charge < -0.3 is 20.1 Å². The number of hydrogen-bond donors (Lipinski definition) is 2. The highest BCUT2D eigenvalue weighted by molar-refractivity contribution is 7.98. The first-order chi connectivity index (χ1) is 11.1. The highest BCUT2D eigenvalue weighted by Crippen LogP contribution is 2.22. The van der Waals surface area contributed by atoms with E-state index in [4.69, 9.17) is 9.47 Å². The van der Waals surface area contributed by atoms with Crippen LogP contribution in [0.15, 0.2) is 47.4 Å². The lowest BCUT2D eigenvalue weighted by molar-refractivity contribution is 0.251. The van der Waals surface area contributed by atoms with Gasteiger partial charge in [-0.3, -0.25) is 0 Å². The van der Waals surface area contributed by atoms with Crippen molar-refractivity contribution >= 4 is 23.5 Å². The number of benzene rings is 2. The Morgan fingerprint density at radius 3 is 2.17 bits per heavy atom. The fourth-order valence-electron chi connectivity index (χ4n) is 2.00. The molecule has 0 saturated carbocycles. The minimum Gasteiger partial charge on any atom is -0.497 e. The molecule has 122 valence electrons. The second kappa shape index (κ2) is 8.33. The van der Waals surface area contributed by atoms with E-state index in [-0.39, 0.29) is 6.03 Å². The number of methoxy groups -OCH3 is 2. The van der Waals surface area contributed by atoms with Gasteiger partial charge in [0.1, 0.15) is 11.5 Å². The van der Waals surface area contributed by atoms with E-state index in [2.05, 4.69) is 10.6 Å². The van der Waals surface area contributed by atoms with Crippen molar-refractivity contribution in [3.05, 3.63) is 48.0 Å². The summed E-state index contributed by atoms with van der Waals surface area (Å²) in [6, 6.07) is 12.9. The first-order valence-corrected chi connectivity index (χ1v) is 8.28. The predicted molar refractivity (Wildman–Crippen MR) is 93.6 cm³/mol. The molecule has 2 aromatic rings. The number of anilines is 1. The normalized spacial score (nSPS) is 10.0. The maximum absolute atomic E-state index is 12.0. The average molecular weight is 332 g/mol. The van der Waals surface area contributed by atoms with Gasteiger partial charge in [0.05, 0.1) is 14.2 Å². The smallest absolute Gasteiger partial charge is 0.319 e. The lowest BCUT2D eigenvalue weighted by Crippen LogP contribution is -2.28. The van der Waals surface area contributed by atoms with Gasteiger partial charge >= 0.3 is 6.03 Å². The molecule has 0 radical (unpaired) electrons. The molecule has 0 aliphatic rings. The van der Waals surface area contributed by atoms with Crippen molar-refractivity contribution in [1.29, 1.82) is 0 Å². The summed E-state index contributed by atoms with van der Waals surface area (Å²) >= 11 is 1.66. The molecule has 0 aliphatic heterocycles. The van der Waals surface area contributed by atoms with Crippen LogP contribution in [0.25, 0.3) is 0 Å². The molecule has 0 saturated heterocycles. The molecule has 0 atom stereocenters. The van der Waals surface area contributed by atoms with E-state index in [0.717, 1.165) is 16.1 Å². The largest absolute Gasteiger partial charge is 0.497 e. The summed E-state index contributed by atoms with van der Waals surface area (Å²) in [5, 5.41) is 5.61. The van der Waals surface area contributed by atoms with Crippen LogP contribution in [0, 0.1) is 0 Å². The summed E-state index contributed by atoms with van der Waals surface area (Å²) < 4.78 is 10.4. The second-order valence-electron chi connectivity index (χ2n) is 4.76. The SMILES string of the molecule is COc1cc(CNC(=O)Nc2ccc(SC)cc2)cc(OC)c1. The monoisotopic (exact) mass is 332 g/mol. The summed E-state index contributed by atoms with van der Waals surface area (Å²) in [7, 11) is 3.19. The summed E-state index contributed by atoms with van der Waals surface area (Å²) in [6.07, 6.45) is 2.01. The molecule has 2 aromatic carbocycles. The van der Waals surface area contributed by atoms with Gasteiger partial charge in [-0.25, -0.2) is 4.79 Å². The molecule has 23 heavy (non-hydrogen) atoms. The molecule has 0 bridgehead atoms. The number of ether oxygens (including phenoxy) is 2. The highest BCUT2D eigenvalue weighted by Gasteiger charge is 2.05. The zero-order valence-corrected chi connectivity index (χ0v) is 14.2. The maximum Gasteiger partial charge on any atom is 0.319 e. The third-order valence-electron chi connectivity index (χ3n) is 3.21. The van der Waals surface area contributed by atoms with Crippen molar-refractivity contribution in [2.24, 2.45) is 0 Å². The van der Waals surface area contributed by atoms with E-state index in [0.29, 0.717) is 18.0 Å². The van der Waals surface area contributed by atoms with Crippen LogP contribution in [0.3, 0.4) is 0 Å². The summed E-state index contributed by atoms with van der Waals surface area (Å²) in [5.74, 6) is 1.38. The number of amides is 2. The third-order valence-corrected chi connectivity index (χ3v) is 3.96. The molecule has 0 aromatic heterocycles. The Bertz CT molecular complexity index is 637. The molecule has 0 aliphatic carbocycles. The number of rotatable bonds is 6. The van der Waals surface area contributed by atoms with Crippen molar-refractivity contribution < 1.29 is 14.3 Å². The lowest BCUT2D eigenvalue weighted by Gasteiger charge is -2.10.